The number of carbonyl (C=O) groups excluding carboxylic acids is 1. The van der Waals surface area contributed by atoms with Crippen LogP contribution >= 0.6 is 11.8 Å². The highest BCUT2D eigenvalue weighted by Gasteiger charge is 2.31. The quantitative estimate of drug-likeness (QED) is 0.869. The van der Waals surface area contributed by atoms with E-state index in [0.29, 0.717) is 0 Å². The molecule has 102 valence electrons. The van der Waals surface area contributed by atoms with Crippen LogP contribution in [0.2, 0.25) is 0 Å². The average molecular weight is 276 g/mol. The Kier molecular flexibility index (Phi) is 3.80. The third-order valence-corrected chi connectivity index (χ3v) is 5.40. The van der Waals surface area contributed by atoms with Gasteiger partial charge in [-0.15, -0.1) is 11.8 Å². The zero-order valence-electron chi connectivity index (χ0n) is 11.0. The third-order valence-electron chi connectivity index (χ3n) is 4.09. The highest BCUT2D eigenvalue weighted by molar-refractivity contribution is 8.01. The normalized spacial score (nSPS) is 29.8. The van der Waals surface area contributed by atoms with Crippen molar-refractivity contribution in [2.75, 3.05) is 0 Å². The summed E-state index contributed by atoms with van der Waals surface area (Å²) in [4.78, 5) is 13.6. The number of fused-ring (bicyclic) bond motifs is 1. The fourth-order valence-electron chi connectivity index (χ4n) is 2.94. The van der Waals surface area contributed by atoms with Gasteiger partial charge in [0, 0.05) is 17.0 Å². The highest BCUT2D eigenvalue weighted by atomic mass is 32.2. The van der Waals surface area contributed by atoms with Gasteiger partial charge in [-0.25, -0.2) is 0 Å². The van der Waals surface area contributed by atoms with Crippen molar-refractivity contribution in [3.8, 4) is 0 Å². The molecule has 1 heterocycles. The van der Waals surface area contributed by atoms with Crippen LogP contribution in [0.15, 0.2) is 29.2 Å². The van der Waals surface area contributed by atoms with E-state index < -0.39 is 0 Å². The van der Waals surface area contributed by atoms with Gasteiger partial charge in [-0.05, 0) is 30.9 Å². The Morgan fingerprint density at radius 1 is 1.26 bits per heavy atom. The van der Waals surface area contributed by atoms with Gasteiger partial charge < -0.3 is 11.1 Å². The molecule has 1 unspecified atom stereocenters. The molecule has 19 heavy (non-hydrogen) atoms. The number of amides is 1. The van der Waals surface area contributed by atoms with E-state index in [1.165, 1.54) is 23.3 Å². The van der Waals surface area contributed by atoms with E-state index in [2.05, 4.69) is 17.4 Å². The summed E-state index contributed by atoms with van der Waals surface area (Å²) < 4.78 is 0. The number of rotatable bonds is 2. The zero-order valence-corrected chi connectivity index (χ0v) is 11.8. The van der Waals surface area contributed by atoms with Crippen LogP contribution in [0.4, 0.5) is 0 Å². The maximum Gasteiger partial charge on any atom is 0.234 e. The predicted molar refractivity (Wildman–Crippen MR) is 78.2 cm³/mol. The topological polar surface area (TPSA) is 55.1 Å². The Bertz CT molecular complexity index is 452. The second kappa shape index (κ2) is 5.55. The fourth-order valence-corrected chi connectivity index (χ4v) is 4.15. The lowest BCUT2D eigenvalue weighted by molar-refractivity contribution is -0.121. The van der Waals surface area contributed by atoms with Gasteiger partial charge in [0.2, 0.25) is 5.91 Å². The molecule has 1 fully saturated rings. The minimum atomic E-state index is 0.0199. The molecule has 0 spiro atoms. The van der Waals surface area contributed by atoms with Gasteiger partial charge in [0.15, 0.2) is 0 Å². The lowest BCUT2D eigenvalue weighted by Crippen LogP contribution is -2.51. The van der Waals surface area contributed by atoms with E-state index in [1.54, 1.807) is 11.8 Å². The summed E-state index contributed by atoms with van der Waals surface area (Å²) in [5.74, 6) is 0.156. The molecule has 1 saturated carbocycles. The monoisotopic (exact) mass is 276 g/mol. The summed E-state index contributed by atoms with van der Waals surface area (Å²) in [5.41, 5.74) is 7.38. The maximum absolute atomic E-state index is 12.3. The van der Waals surface area contributed by atoms with Crippen molar-refractivity contribution in [1.29, 1.82) is 0 Å². The molecule has 1 aliphatic heterocycles. The summed E-state index contributed by atoms with van der Waals surface area (Å²) in [6.45, 7) is 0. The highest BCUT2D eigenvalue weighted by Crippen LogP contribution is 2.36. The first-order valence-corrected chi connectivity index (χ1v) is 7.92. The van der Waals surface area contributed by atoms with Gasteiger partial charge in [0.25, 0.3) is 0 Å². The van der Waals surface area contributed by atoms with Gasteiger partial charge in [0.1, 0.15) is 0 Å². The van der Waals surface area contributed by atoms with E-state index in [-0.39, 0.29) is 23.2 Å². The van der Waals surface area contributed by atoms with Crippen molar-refractivity contribution >= 4 is 17.7 Å². The minimum absolute atomic E-state index is 0.0199. The van der Waals surface area contributed by atoms with Gasteiger partial charge in [-0.3, -0.25) is 4.79 Å². The number of thioether (sulfide) groups is 1. The molecule has 1 aromatic carbocycles. The van der Waals surface area contributed by atoms with Crippen molar-refractivity contribution in [3.63, 3.8) is 0 Å². The van der Waals surface area contributed by atoms with Crippen molar-refractivity contribution < 1.29 is 4.79 Å². The van der Waals surface area contributed by atoms with Crippen LogP contribution in [0.25, 0.3) is 0 Å². The molecule has 4 heteroatoms. The molecule has 0 radical (unpaired) electrons. The summed E-state index contributed by atoms with van der Waals surface area (Å²) in [7, 11) is 0. The van der Waals surface area contributed by atoms with Crippen molar-refractivity contribution in [1.82, 2.24) is 5.32 Å². The number of benzene rings is 1. The maximum atomic E-state index is 12.3. The van der Waals surface area contributed by atoms with Crippen LogP contribution in [0.5, 0.6) is 0 Å². The van der Waals surface area contributed by atoms with Gasteiger partial charge in [-0.1, -0.05) is 31.0 Å². The molecule has 0 bridgehead atoms. The Balaban J connectivity index is 1.60. The van der Waals surface area contributed by atoms with E-state index >= 15 is 0 Å². The van der Waals surface area contributed by atoms with Crippen LogP contribution in [0.1, 0.15) is 31.2 Å². The van der Waals surface area contributed by atoms with E-state index in [4.69, 9.17) is 5.73 Å². The Labute approximate surface area is 118 Å². The smallest absolute Gasteiger partial charge is 0.234 e. The van der Waals surface area contributed by atoms with E-state index in [0.717, 1.165) is 19.3 Å². The second-order valence-electron chi connectivity index (χ2n) is 5.48. The molecule has 3 nitrogen and oxygen atoms in total. The molecular weight excluding hydrogens is 256 g/mol. The summed E-state index contributed by atoms with van der Waals surface area (Å²) in [6.07, 6.45) is 5.27. The minimum Gasteiger partial charge on any atom is -0.351 e. The van der Waals surface area contributed by atoms with Crippen molar-refractivity contribution in [2.45, 2.75) is 54.3 Å². The first kappa shape index (κ1) is 13.0. The molecule has 2 aliphatic rings. The Morgan fingerprint density at radius 3 is 2.84 bits per heavy atom. The van der Waals surface area contributed by atoms with Crippen LogP contribution in [0, 0.1) is 0 Å². The Hall–Kier alpha value is -1.00. The number of nitrogens with one attached hydrogen (secondary N) is 1. The third kappa shape index (κ3) is 2.79. The standard InChI is InChI=1S/C15H20N2OS/c16-11-6-2-3-7-12(11)17-15(18)14-9-10-5-1-4-8-13(10)19-14/h1,4-5,8,11-12,14H,2-3,6-7,9,16H2,(H,17,18)/t11-,12-,14?/m1/s1. The lowest BCUT2D eigenvalue weighted by Gasteiger charge is -2.30. The first-order valence-electron chi connectivity index (χ1n) is 7.04. The van der Waals surface area contributed by atoms with Gasteiger partial charge >= 0.3 is 0 Å². The number of carbonyl (C=O) groups is 1. The zero-order chi connectivity index (χ0) is 13.2. The lowest BCUT2D eigenvalue weighted by atomic mass is 9.91. The summed E-state index contributed by atoms with van der Waals surface area (Å²) in [6, 6.07) is 8.58. The second-order valence-corrected chi connectivity index (χ2v) is 6.73. The SMILES string of the molecule is N[C@@H]1CCCC[C@H]1NC(=O)C1Cc2ccccc2S1. The molecular formula is C15H20N2OS. The van der Waals surface area contributed by atoms with Gasteiger partial charge in [0.05, 0.1) is 5.25 Å². The molecule has 1 aliphatic carbocycles. The fraction of sp³-hybridized carbons (Fsp3) is 0.533. The van der Waals surface area contributed by atoms with Crippen LogP contribution < -0.4 is 11.1 Å². The molecule has 3 atom stereocenters. The van der Waals surface area contributed by atoms with Crippen molar-refractivity contribution in [2.24, 2.45) is 5.73 Å². The van der Waals surface area contributed by atoms with Crippen LogP contribution in [-0.4, -0.2) is 23.2 Å². The molecule has 1 aromatic rings. The summed E-state index contributed by atoms with van der Waals surface area (Å²) >= 11 is 1.68. The summed E-state index contributed by atoms with van der Waals surface area (Å²) in [5, 5.41) is 3.18. The molecule has 3 rings (SSSR count). The largest absolute Gasteiger partial charge is 0.351 e. The Morgan fingerprint density at radius 2 is 2.05 bits per heavy atom. The van der Waals surface area contributed by atoms with Crippen molar-refractivity contribution in [3.05, 3.63) is 29.8 Å². The van der Waals surface area contributed by atoms with Gasteiger partial charge in [-0.2, -0.15) is 0 Å². The van der Waals surface area contributed by atoms with Crippen LogP contribution in [0.3, 0.4) is 0 Å². The van der Waals surface area contributed by atoms with E-state index in [1.807, 2.05) is 12.1 Å². The number of hydrogen-bond acceptors (Lipinski definition) is 3. The van der Waals surface area contributed by atoms with Crippen LogP contribution in [-0.2, 0) is 11.2 Å². The molecule has 0 aromatic heterocycles. The molecule has 3 N–H and O–H groups in total. The molecule has 1 amide bonds. The average Bonchev–Trinajstić information content (AvgIpc) is 2.85. The number of nitrogens with two attached hydrogens (primary N) is 1. The molecule has 0 saturated heterocycles. The number of hydrogen-bond donors (Lipinski definition) is 2. The van der Waals surface area contributed by atoms with E-state index in [9.17, 15) is 4.79 Å². The first-order chi connectivity index (χ1) is 9.24. The predicted octanol–water partition coefficient (Wildman–Crippen LogP) is 2.09.